The largest absolute Gasteiger partial charge is 0.295 e. The van der Waals surface area contributed by atoms with Crippen molar-refractivity contribution < 1.29 is 9.59 Å². The minimum Gasteiger partial charge on any atom is -0.295 e. The van der Waals surface area contributed by atoms with Crippen molar-refractivity contribution in [3.8, 4) is 0 Å². The number of carbonyl (C=O) groups is 2. The van der Waals surface area contributed by atoms with Gasteiger partial charge in [-0.05, 0) is 30.7 Å². The van der Waals surface area contributed by atoms with Crippen LogP contribution in [0.1, 0.15) is 12.8 Å². The summed E-state index contributed by atoms with van der Waals surface area (Å²) in [6, 6.07) is 7.79. The summed E-state index contributed by atoms with van der Waals surface area (Å²) in [6.45, 7) is 0. The predicted molar refractivity (Wildman–Crippen MR) is 66.2 cm³/mol. The van der Waals surface area contributed by atoms with Crippen LogP contribution in [0, 0.1) is 0 Å². The van der Waals surface area contributed by atoms with Gasteiger partial charge >= 0.3 is 0 Å². The maximum Gasteiger partial charge on any atom is 0.240 e. The molecule has 1 unspecified atom stereocenters. The molecule has 3 nitrogen and oxygen atoms in total. The van der Waals surface area contributed by atoms with Crippen LogP contribution in [0.25, 0.3) is 0 Å². The lowest BCUT2D eigenvalue weighted by atomic mass is 10.1. The highest BCUT2D eigenvalue weighted by Crippen LogP contribution is 2.29. The maximum atomic E-state index is 11.5. The van der Waals surface area contributed by atoms with Gasteiger partial charge in [0.1, 0.15) is 0 Å². The van der Waals surface area contributed by atoms with Crippen LogP contribution in [-0.2, 0) is 9.59 Å². The van der Waals surface area contributed by atoms with Crippen LogP contribution in [0.4, 0.5) is 0 Å². The van der Waals surface area contributed by atoms with Gasteiger partial charge in [0.25, 0.3) is 0 Å². The van der Waals surface area contributed by atoms with E-state index in [1.54, 1.807) is 0 Å². The molecule has 0 radical (unpaired) electrons. The number of benzene rings is 1. The van der Waals surface area contributed by atoms with Crippen molar-refractivity contribution in [2.24, 2.45) is 0 Å². The molecule has 0 spiro atoms. The third-order valence-corrected chi connectivity index (χ3v) is 4.09. The summed E-state index contributed by atoms with van der Waals surface area (Å²) in [4.78, 5) is 23.5. The van der Waals surface area contributed by atoms with E-state index in [0.717, 1.165) is 9.37 Å². The standard InChI is InChI=1S/C11H10BrNO2S/c12-7-1-3-8(4-2-7)16-9-5-6-10(14)13-11(9)15/h1-4,9H,5-6H2,(H,13,14,15). The van der Waals surface area contributed by atoms with E-state index >= 15 is 0 Å². The summed E-state index contributed by atoms with van der Waals surface area (Å²) in [6.07, 6.45) is 1.05. The number of hydrogen-bond acceptors (Lipinski definition) is 3. The topological polar surface area (TPSA) is 46.2 Å². The zero-order valence-corrected chi connectivity index (χ0v) is 10.8. The Balaban J connectivity index is 2.02. The second-order valence-corrected chi connectivity index (χ2v) is 5.70. The quantitative estimate of drug-likeness (QED) is 0.853. The molecule has 1 aliphatic rings. The molecule has 1 heterocycles. The van der Waals surface area contributed by atoms with Crippen molar-refractivity contribution in [3.63, 3.8) is 0 Å². The Labute approximate surface area is 106 Å². The van der Waals surface area contributed by atoms with Gasteiger partial charge in [-0.2, -0.15) is 0 Å². The second kappa shape index (κ2) is 5.01. The van der Waals surface area contributed by atoms with Gasteiger partial charge in [-0.15, -0.1) is 11.8 Å². The number of hydrogen-bond donors (Lipinski definition) is 1. The van der Waals surface area contributed by atoms with Gasteiger partial charge in [0.2, 0.25) is 11.8 Å². The van der Waals surface area contributed by atoms with Crippen LogP contribution in [0.15, 0.2) is 33.6 Å². The van der Waals surface area contributed by atoms with Crippen molar-refractivity contribution in [2.45, 2.75) is 23.0 Å². The summed E-state index contributed by atoms with van der Waals surface area (Å²) < 4.78 is 1.01. The lowest BCUT2D eigenvalue weighted by molar-refractivity contribution is -0.132. The van der Waals surface area contributed by atoms with Crippen molar-refractivity contribution in [2.75, 3.05) is 0 Å². The molecular formula is C11H10BrNO2S. The fraction of sp³-hybridized carbons (Fsp3) is 0.273. The predicted octanol–water partition coefficient (Wildman–Crippen LogP) is 2.35. The Morgan fingerprint density at radius 2 is 1.94 bits per heavy atom. The third kappa shape index (κ3) is 2.86. The molecule has 1 fully saturated rings. The van der Waals surface area contributed by atoms with Crippen LogP contribution in [0.2, 0.25) is 0 Å². The molecule has 1 aromatic carbocycles. The van der Waals surface area contributed by atoms with Crippen LogP contribution >= 0.6 is 27.7 Å². The monoisotopic (exact) mass is 299 g/mol. The minimum atomic E-state index is -0.177. The van der Waals surface area contributed by atoms with E-state index < -0.39 is 0 Å². The highest BCUT2D eigenvalue weighted by molar-refractivity contribution is 9.10. The average molecular weight is 300 g/mol. The zero-order chi connectivity index (χ0) is 11.5. The van der Waals surface area contributed by atoms with E-state index in [1.165, 1.54) is 11.8 Å². The molecule has 0 bridgehead atoms. The summed E-state index contributed by atoms with van der Waals surface area (Å²) in [5.41, 5.74) is 0. The molecule has 5 heteroatoms. The first-order valence-electron chi connectivity index (χ1n) is 4.91. The second-order valence-electron chi connectivity index (χ2n) is 3.51. The van der Waals surface area contributed by atoms with Crippen LogP contribution < -0.4 is 5.32 Å². The highest BCUT2D eigenvalue weighted by atomic mass is 79.9. The number of rotatable bonds is 2. The number of halogens is 1. The van der Waals surface area contributed by atoms with Crippen LogP contribution in [0.3, 0.4) is 0 Å². The first kappa shape index (κ1) is 11.7. The summed E-state index contributed by atoms with van der Waals surface area (Å²) in [5.74, 6) is -0.346. The van der Waals surface area contributed by atoms with Gasteiger partial charge in [0, 0.05) is 15.8 Å². The van der Waals surface area contributed by atoms with Crippen molar-refractivity contribution in [1.29, 1.82) is 0 Å². The van der Waals surface area contributed by atoms with Gasteiger partial charge in [-0.3, -0.25) is 14.9 Å². The summed E-state index contributed by atoms with van der Waals surface area (Å²) in [7, 11) is 0. The molecule has 2 rings (SSSR count). The zero-order valence-electron chi connectivity index (χ0n) is 8.40. The molecule has 0 aliphatic carbocycles. The van der Waals surface area contributed by atoms with Gasteiger partial charge in [0.05, 0.1) is 5.25 Å². The molecule has 0 saturated carbocycles. The summed E-state index contributed by atoms with van der Waals surface area (Å²) in [5, 5.41) is 2.20. The smallest absolute Gasteiger partial charge is 0.240 e. The Morgan fingerprint density at radius 1 is 1.25 bits per heavy atom. The molecule has 1 N–H and O–H groups in total. The fourth-order valence-corrected chi connectivity index (χ4v) is 2.75. The highest BCUT2D eigenvalue weighted by Gasteiger charge is 2.27. The Morgan fingerprint density at radius 3 is 2.56 bits per heavy atom. The fourth-order valence-electron chi connectivity index (χ4n) is 1.46. The van der Waals surface area contributed by atoms with Crippen LogP contribution in [0.5, 0.6) is 0 Å². The lowest BCUT2D eigenvalue weighted by Crippen LogP contribution is -2.42. The molecule has 0 aromatic heterocycles. The van der Waals surface area contributed by atoms with E-state index in [9.17, 15) is 9.59 Å². The lowest BCUT2D eigenvalue weighted by Gasteiger charge is -2.20. The number of piperidine rings is 1. The Kier molecular flexibility index (Phi) is 3.66. The molecular weight excluding hydrogens is 290 g/mol. The van der Waals surface area contributed by atoms with Crippen molar-refractivity contribution in [1.82, 2.24) is 5.32 Å². The first-order valence-corrected chi connectivity index (χ1v) is 6.58. The molecule has 1 aliphatic heterocycles. The van der Waals surface area contributed by atoms with Gasteiger partial charge in [0.15, 0.2) is 0 Å². The van der Waals surface area contributed by atoms with E-state index in [-0.39, 0.29) is 17.1 Å². The molecule has 2 amide bonds. The average Bonchev–Trinajstić information content (AvgIpc) is 2.25. The minimum absolute atomic E-state index is 0.154. The Hall–Kier alpha value is -0.810. The molecule has 16 heavy (non-hydrogen) atoms. The maximum absolute atomic E-state index is 11.5. The molecule has 84 valence electrons. The summed E-state index contributed by atoms with van der Waals surface area (Å²) >= 11 is 4.86. The number of nitrogens with one attached hydrogen (secondary N) is 1. The molecule has 1 aromatic rings. The number of thioether (sulfide) groups is 1. The SMILES string of the molecule is O=C1CCC(Sc2ccc(Br)cc2)C(=O)N1. The van der Waals surface area contributed by atoms with Gasteiger partial charge in [-0.25, -0.2) is 0 Å². The van der Waals surface area contributed by atoms with Gasteiger partial charge in [-0.1, -0.05) is 15.9 Å². The third-order valence-electron chi connectivity index (χ3n) is 2.28. The molecule has 1 atom stereocenters. The van der Waals surface area contributed by atoms with E-state index in [1.807, 2.05) is 24.3 Å². The van der Waals surface area contributed by atoms with Crippen molar-refractivity contribution >= 4 is 39.5 Å². The normalized spacial score (nSPS) is 20.7. The van der Waals surface area contributed by atoms with E-state index in [0.29, 0.717) is 12.8 Å². The number of carbonyl (C=O) groups excluding carboxylic acids is 2. The van der Waals surface area contributed by atoms with Crippen molar-refractivity contribution in [3.05, 3.63) is 28.7 Å². The Bertz CT molecular complexity index is 418. The van der Waals surface area contributed by atoms with E-state index in [4.69, 9.17) is 0 Å². The number of amides is 2. The first-order chi connectivity index (χ1) is 7.65. The van der Waals surface area contributed by atoms with Gasteiger partial charge < -0.3 is 0 Å². The van der Waals surface area contributed by atoms with E-state index in [2.05, 4.69) is 21.2 Å². The van der Waals surface area contributed by atoms with Crippen LogP contribution in [-0.4, -0.2) is 17.1 Å². The number of imide groups is 1. The molecule has 1 saturated heterocycles.